The van der Waals surface area contributed by atoms with Crippen molar-refractivity contribution in [2.24, 2.45) is 0 Å². The number of quaternary nitrogens is 1. The Balaban J connectivity index is 5.30. The SMILES string of the molecule is CCCCC/C=C\C/C=C\C/C=C\C/C=C\CCCCCCCC(=O)OC(/C=C/CCCCCCCCCCCCC)C(COP(=O)([O-])OCC[N+](C)(C)C)NC(=O)CCCCCCCCCCCCCCCC. The van der Waals surface area contributed by atoms with Gasteiger partial charge in [0.2, 0.25) is 5.91 Å². The van der Waals surface area contributed by atoms with Crippen LogP contribution in [-0.2, 0) is 27.9 Å². The van der Waals surface area contributed by atoms with Gasteiger partial charge in [0, 0.05) is 12.8 Å². The summed E-state index contributed by atoms with van der Waals surface area (Å²) in [5.41, 5.74) is 0. The van der Waals surface area contributed by atoms with E-state index in [-0.39, 0.29) is 24.9 Å². The van der Waals surface area contributed by atoms with Crippen LogP contribution in [0.3, 0.4) is 0 Å². The van der Waals surface area contributed by atoms with Crippen LogP contribution in [0.5, 0.6) is 0 Å². The maximum absolute atomic E-state index is 13.5. The number of allylic oxidation sites excluding steroid dienone is 9. The number of hydrogen-bond donors (Lipinski definition) is 1. The molecule has 0 heterocycles. The van der Waals surface area contributed by atoms with E-state index < -0.39 is 26.6 Å². The summed E-state index contributed by atoms with van der Waals surface area (Å²) >= 11 is 0. The van der Waals surface area contributed by atoms with Crippen molar-refractivity contribution < 1.29 is 37.3 Å². The van der Waals surface area contributed by atoms with Gasteiger partial charge in [-0.3, -0.25) is 14.2 Å². The highest BCUT2D eigenvalue weighted by atomic mass is 31.2. The third kappa shape index (κ3) is 54.5. The van der Waals surface area contributed by atoms with Crippen molar-refractivity contribution in [1.29, 1.82) is 0 Å². The fourth-order valence-corrected chi connectivity index (χ4v) is 9.58. The number of amides is 1. The smallest absolute Gasteiger partial charge is 0.306 e. The Bertz CT molecular complexity index is 1450. The number of likely N-dealkylation sites (N-methyl/N-ethyl adjacent to an activating group) is 1. The number of esters is 1. The molecule has 0 saturated carbocycles. The molecule has 10 heteroatoms. The minimum Gasteiger partial charge on any atom is -0.756 e. The standard InChI is InChI=1S/C64H119N2O7P/c1-7-10-13-16-19-22-25-28-30-31-32-33-34-35-36-39-42-45-48-51-54-57-64(68)73-62(55-52-49-46-43-40-37-27-24-21-18-15-12-9-3)61(60-72-74(69,70)71-59-58-66(4,5)6)65-63(67)56-53-50-47-44-41-38-29-26-23-20-17-14-11-8-2/h19,22,28,30,32-33,35-36,52,55,61-62H,7-18,20-21,23-27,29,31,34,37-51,53-54,56-60H2,1-6H3,(H-,65,67,69,70)/b22-19-,30-28-,33-32-,36-35-,55-52+. The largest absolute Gasteiger partial charge is 0.756 e. The molecule has 0 spiro atoms. The summed E-state index contributed by atoms with van der Waals surface area (Å²) < 4.78 is 30.3. The zero-order chi connectivity index (χ0) is 54.3. The van der Waals surface area contributed by atoms with Gasteiger partial charge < -0.3 is 28.5 Å². The van der Waals surface area contributed by atoms with Crippen molar-refractivity contribution >= 4 is 19.7 Å². The van der Waals surface area contributed by atoms with Gasteiger partial charge in [0.25, 0.3) is 7.82 Å². The maximum Gasteiger partial charge on any atom is 0.306 e. The fraction of sp³-hybridized carbons (Fsp3) is 0.812. The zero-order valence-electron chi connectivity index (χ0n) is 49.3. The molecule has 0 bridgehead atoms. The quantitative estimate of drug-likeness (QED) is 0.0212. The molecule has 0 aromatic rings. The highest BCUT2D eigenvalue weighted by Gasteiger charge is 2.27. The molecular weight excluding hydrogens is 940 g/mol. The summed E-state index contributed by atoms with van der Waals surface area (Å²) in [5, 5.41) is 3.03. The molecule has 0 aromatic carbocycles. The summed E-state index contributed by atoms with van der Waals surface area (Å²) in [6.45, 7) is 6.82. The molecule has 0 fully saturated rings. The van der Waals surface area contributed by atoms with E-state index in [0.29, 0.717) is 23.9 Å². The molecule has 0 aliphatic rings. The van der Waals surface area contributed by atoms with Crippen LogP contribution in [0.4, 0.5) is 0 Å². The van der Waals surface area contributed by atoms with Gasteiger partial charge in [-0.15, -0.1) is 0 Å². The van der Waals surface area contributed by atoms with Gasteiger partial charge in [0.1, 0.15) is 19.3 Å². The number of carbonyl (C=O) groups is 2. The molecule has 9 nitrogen and oxygen atoms in total. The summed E-state index contributed by atoms with van der Waals surface area (Å²) in [4.78, 5) is 40.0. The van der Waals surface area contributed by atoms with Crippen LogP contribution < -0.4 is 10.2 Å². The van der Waals surface area contributed by atoms with E-state index >= 15 is 0 Å². The molecular formula is C64H119N2O7P. The molecule has 0 aliphatic heterocycles. The van der Waals surface area contributed by atoms with Crippen molar-refractivity contribution in [2.45, 2.75) is 296 Å². The van der Waals surface area contributed by atoms with E-state index in [2.05, 4.69) is 74.7 Å². The first-order chi connectivity index (χ1) is 35.9. The Kier molecular flexibility index (Phi) is 52.4. The van der Waals surface area contributed by atoms with Gasteiger partial charge >= 0.3 is 5.97 Å². The van der Waals surface area contributed by atoms with Crippen LogP contribution >= 0.6 is 7.82 Å². The van der Waals surface area contributed by atoms with E-state index in [4.69, 9.17) is 13.8 Å². The molecule has 74 heavy (non-hydrogen) atoms. The second-order valence-electron chi connectivity index (χ2n) is 22.2. The molecule has 3 atom stereocenters. The lowest BCUT2D eigenvalue weighted by Gasteiger charge is -2.30. The van der Waals surface area contributed by atoms with E-state index in [9.17, 15) is 19.0 Å². The van der Waals surface area contributed by atoms with E-state index in [1.807, 2.05) is 33.3 Å². The molecule has 0 saturated heterocycles. The molecule has 1 amide bonds. The van der Waals surface area contributed by atoms with E-state index in [1.165, 1.54) is 154 Å². The summed E-state index contributed by atoms with van der Waals surface area (Å²) in [6.07, 6.45) is 67.5. The molecule has 432 valence electrons. The van der Waals surface area contributed by atoms with E-state index in [0.717, 1.165) is 89.9 Å². The number of phosphoric ester groups is 1. The molecule has 0 radical (unpaired) electrons. The average molecular weight is 1060 g/mol. The number of nitrogens with one attached hydrogen (secondary N) is 1. The minimum atomic E-state index is -4.70. The number of phosphoric acid groups is 1. The highest BCUT2D eigenvalue weighted by Crippen LogP contribution is 2.38. The molecule has 0 aliphatic carbocycles. The van der Waals surface area contributed by atoms with Crippen molar-refractivity contribution in [1.82, 2.24) is 5.32 Å². The van der Waals surface area contributed by atoms with Crippen LogP contribution in [0.2, 0.25) is 0 Å². The Labute approximate surface area is 458 Å². The van der Waals surface area contributed by atoms with Crippen molar-refractivity contribution in [3.8, 4) is 0 Å². The Morgan fingerprint density at radius 1 is 0.473 bits per heavy atom. The first kappa shape index (κ1) is 71.7. The second-order valence-corrected chi connectivity index (χ2v) is 23.6. The monoisotopic (exact) mass is 1060 g/mol. The van der Waals surface area contributed by atoms with Gasteiger partial charge in [0.15, 0.2) is 0 Å². The van der Waals surface area contributed by atoms with Crippen molar-refractivity contribution in [3.05, 3.63) is 60.8 Å². The Hall–Kier alpha value is -2.29. The minimum absolute atomic E-state index is 0.0256. The van der Waals surface area contributed by atoms with Gasteiger partial charge in [-0.05, 0) is 76.7 Å². The van der Waals surface area contributed by atoms with Crippen molar-refractivity contribution in [3.63, 3.8) is 0 Å². The predicted octanol–water partition coefficient (Wildman–Crippen LogP) is 18.4. The van der Waals surface area contributed by atoms with Crippen LogP contribution in [0, 0.1) is 0 Å². The molecule has 1 N–H and O–H groups in total. The predicted molar refractivity (Wildman–Crippen MR) is 316 cm³/mol. The average Bonchev–Trinajstić information content (AvgIpc) is 3.36. The maximum atomic E-state index is 13.5. The lowest BCUT2D eigenvalue weighted by Crippen LogP contribution is -2.47. The Morgan fingerprint density at radius 3 is 1.26 bits per heavy atom. The highest BCUT2D eigenvalue weighted by molar-refractivity contribution is 7.45. The topological polar surface area (TPSA) is 114 Å². The first-order valence-corrected chi connectivity index (χ1v) is 32.6. The third-order valence-electron chi connectivity index (χ3n) is 13.7. The molecule has 3 unspecified atom stereocenters. The van der Waals surface area contributed by atoms with E-state index in [1.54, 1.807) is 0 Å². The van der Waals surface area contributed by atoms with Crippen molar-refractivity contribution in [2.75, 3.05) is 40.9 Å². The molecule has 0 aromatic heterocycles. The summed E-state index contributed by atoms with van der Waals surface area (Å²) in [5.74, 6) is -0.554. The summed E-state index contributed by atoms with van der Waals surface area (Å²) in [6, 6.07) is -0.895. The number of ether oxygens (including phenoxy) is 1. The first-order valence-electron chi connectivity index (χ1n) is 31.1. The van der Waals surface area contributed by atoms with Crippen LogP contribution in [0.15, 0.2) is 60.8 Å². The van der Waals surface area contributed by atoms with Gasteiger partial charge in [0.05, 0.1) is 33.8 Å². The second kappa shape index (κ2) is 54.1. The number of rotatable bonds is 56. The Morgan fingerprint density at radius 2 is 0.824 bits per heavy atom. The number of hydrogen-bond acceptors (Lipinski definition) is 7. The lowest BCUT2D eigenvalue weighted by atomic mass is 10.0. The zero-order valence-corrected chi connectivity index (χ0v) is 50.2. The number of nitrogens with zero attached hydrogens (tertiary/aromatic N) is 1. The van der Waals surface area contributed by atoms with Crippen LogP contribution in [0.1, 0.15) is 284 Å². The lowest BCUT2D eigenvalue weighted by molar-refractivity contribution is -0.870. The fourth-order valence-electron chi connectivity index (χ4n) is 8.86. The van der Waals surface area contributed by atoms with Crippen LogP contribution in [-0.4, -0.2) is 69.4 Å². The van der Waals surface area contributed by atoms with Crippen LogP contribution in [0.25, 0.3) is 0 Å². The molecule has 0 rings (SSSR count). The normalized spacial score (nSPS) is 14.1. The van der Waals surface area contributed by atoms with Gasteiger partial charge in [-0.2, -0.15) is 0 Å². The number of carbonyl (C=O) groups excluding carboxylic acids is 2. The number of unbranched alkanes of at least 4 members (excludes halogenated alkanes) is 32. The van der Waals surface area contributed by atoms with Gasteiger partial charge in [-0.25, -0.2) is 0 Å². The third-order valence-corrected chi connectivity index (χ3v) is 14.7. The van der Waals surface area contributed by atoms with Gasteiger partial charge in [-0.1, -0.05) is 255 Å². The summed E-state index contributed by atoms with van der Waals surface area (Å²) in [7, 11) is 1.18.